The van der Waals surface area contributed by atoms with Crippen molar-refractivity contribution in [1.29, 1.82) is 0 Å². The third-order valence-corrected chi connectivity index (χ3v) is 5.48. The van der Waals surface area contributed by atoms with Crippen LogP contribution in [0, 0.1) is 7.14 Å². The fourth-order valence-electron chi connectivity index (χ4n) is 1.90. The van der Waals surface area contributed by atoms with Crippen molar-refractivity contribution in [1.82, 2.24) is 0 Å². The van der Waals surface area contributed by atoms with Crippen LogP contribution in [0.4, 0.5) is 0 Å². The molecule has 6 heteroatoms. The van der Waals surface area contributed by atoms with E-state index in [0.717, 1.165) is 7.14 Å². The molecule has 0 saturated carbocycles. The van der Waals surface area contributed by atoms with Gasteiger partial charge in [0.25, 0.3) is 0 Å². The van der Waals surface area contributed by atoms with Crippen molar-refractivity contribution in [2.24, 2.45) is 0 Å². The van der Waals surface area contributed by atoms with Gasteiger partial charge in [-0.15, -0.1) is 0 Å². The standard InChI is InChI=1S/C18H18IO4.BrH/c1-3-22-17(20)13-7-5-9-15(11-13)19-16-10-6-8-14(12-16)18(21)23-4-2;/h5-12H,3-4H2,1-2H3;1H/q+1;/p-1. The molecule has 2 aromatic rings. The molecule has 0 fully saturated rings. The van der Waals surface area contributed by atoms with Crippen LogP contribution in [0.2, 0.25) is 0 Å². The summed E-state index contributed by atoms with van der Waals surface area (Å²) in [6.45, 7) is 4.30. The molecule has 4 nitrogen and oxygen atoms in total. The lowest BCUT2D eigenvalue weighted by molar-refractivity contribution is -0.597. The minimum absolute atomic E-state index is 0. The van der Waals surface area contributed by atoms with Crippen molar-refractivity contribution < 1.29 is 57.2 Å². The van der Waals surface area contributed by atoms with E-state index in [9.17, 15) is 9.59 Å². The topological polar surface area (TPSA) is 52.6 Å². The summed E-state index contributed by atoms with van der Waals surface area (Å²) in [4.78, 5) is 23.6. The summed E-state index contributed by atoms with van der Waals surface area (Å²) in [6.07, 6.45) is 0. The molecule has 0 amide bonds. The smallest absolute Gasteiger partial charge is 0.357 e. The molecule has 0 aromatic heterocycles. The first-order valence-corrected chi connectivity index (χ1v) is 9.49. The Morgan fingerprint density at radius 1 is 0.833 bits per heavy atom. The highest BCUT2D eigenvalue weighted by Gasteiger charge is 2.20. The van der Waals surface area contributed by atoms with Crippen molar-refractivity contribution >= 4 is 11.9 Å². The number of carbonyl (C=O) groups is 2. The van der Waals surface area contributed by atoms with Gasteiger partial charge in [-0.1, -0.05) is 12.1 Å². The summed E-state index contributed by atoms with van der Waals surface area (Å²) < 4.78 is 12.2. The zero-order valence-corrected chi connectivity index (χ0v) is 17.2. The van der Waals surface area contributed by atoms with Gasteiger partial charge in [-0.3, -0.25) is 0 Å². The molecule has 2 rings (SSSR count). The largest absolute Gasteiger partial charge is 1.00 e. The van der Waals surface area contributed by atoms with Gasteiger partial charge in [0, 0.05) is 12.1 Å². The Hall–Kier alpha value is -1.41. The predicted octanol–water partition coefficient (Wildman–Crippen LogP) is -2.83. The molecule has 24 heavy (non-hydrogen) atoms. The van der Waals surface area contributed by atoms with Crippen LogP contribution in [-0.2, 0) is 9.47 Å². The second-order valence-electron chi connectivity index (χ2n) is 4.56. The van der Waals surface area contributed by atoms with Crippen LogP contribution < -0.4 is 38.2 Å². The predicted molar refractivity (Wildman–Crippen MR) is 82.2 cm³/mol. The van der Waals surface area contributed by atoms with Gasteiger partial charge in [-0.25, -0.2) is 9.59 Å². The molecule has 0 heterocycles. The second-order valence-corrected chi connectivity index (χ2v) is 7.59. The zero-order valence-electron chi connectivity index (χ0n) is 13.4. The minimum atomic E-state index is -0.491. The Labute approximate surface area is 162 Å². The van der Waals surface area contributed by atoms with Gasteiger partial charge in [-0.05, 0) is 38.1 Å². The molecule has 0 saturated heterocycles. The van der Waals surface area contributed by atoms with E-state index >= 15 is 0 Å². The summed E-state index contributed by atoms with van der Waals surface area (Å²) in [5.74, 6) is -0.614. The summed E-state index contributed by atoms with van der Waals surface area (Å²) in [6, 6.07) is 14.9. The van der Waals surface area contributed by atoms with E-state index in [0.29, 0.717) is 24.3 Å². The van der Waals surface area contributed by atoms with Crippen LogP contribution in [0.5, 0.6) is 0 Å². The highest BCUT2D eigenvalue weighted by Crippen LogP contribution is 2.02. The van der Waals surface area contributed by atoms with E-state index in [2.05, 4.69) is 0 Å². The lowest BCUT2D eigenvalue weighted by Crippen LogP contribution is -3.61. The SMILES string of the molecule is CCOC(=O)c1cccc([I+]c2cccc(C(=O)OCC)c2)c1.[Br-]. The van der Waals surface area contributed by atoms with Gasteiger partial charge in [0.2, 0.25) is 0 Å². The van der Waals surface area contributed by atoms with E-state index in [1.165, 1.54) is 0 Å². The lowest BCUT2D eigenvalue weighted by atomic mass is 10.2. The number of carbonyl (C=O) groups excluding carboxylic acids is 2. The molecule has 0 N–H and O–H groups in total. The van der Waals surface area contributed by atoms with Gasteiger partial charge in [0.05, 0.1) is 24.3 Å². The number of hydrogen-bond acceptors (Lipinski definition) is 4. The summed E-state index contributed by atoms with van der Waals surface area (Å²) >= 11 is -0.491. The Bertz CT molecular complexity index is 643. The molecule has 2 aromatic carbocycles. The third-order valence-electron chi connectivity index (χ3n) is 2.89. The van der Waals surface area contributed by atoms with Crippen LogP contribution in [0.25, 0.3) is 0 Å². The molecule has 128 valence electrons. The second kappa shape index (κ2) is 10.5. The van der Waals surface area contributed by atoms with E-state index in [1.54, 1.807) is 26.0 Å². The Morgan fingerprint density at radius 2 is 1.25 bits per heavy atom. The Kier molecular flexibility index (Phi) is 8.99. The maximum absolute atomic E-state index is 11.8. The maximum atomic E-state index is 11.8. The third kappa shape index (κ3) is 5.90. The molecule has 0 unspecified atom stereocenters. The van der Waals surface area contributed by atoms with E-state index in [4.69, 9.17) is 9.47 Å². The van der Waals surface area contributed by atoms with Crippen LogP contribution in [0.15, 0.2) is 48.5 Å². The normalized spacial score (nSPS) is 9.75. The van der Waals surface area contributed by atoms with Crippen molar-refractivity contribution in [2.45, 2.75) is 13.8 Å². The summed E-state index contributed by atoms with van der Waals surface area (Å²) in [5.41, 5.74) is 1.12. The molecule has 0 bridgehead atoms. The molecule has 0 atom stereocenters. The number of hydrogen-bond donors (Lipinski definition) is 0. The van der Waals surface area contributed by atoms with Crippen LogP contribution in [-0.4, -0.2) is 25.2 Å². The molecular weight excluding hydrogens is 487 g/mol. The first-order valence-electron chi connectivity index (χ1n) is 7.33. The maximum Gasteiger partial charge on any atom is 0.357 e. The molecule has 0 aliphatic rings. The van der Waals surface area contributed by atoms with Crippen LogP contribution in [0.3, 0.4) is 0 Å². The van der Waals surface area contributed by atoms with Crippen LogP contribution >= 0.6 is 0 Å². The average molecular weight is 505 g/mol. The quantitative estimate of drug-likeness (QED) is 0.314. The van der Waals surface area contributed by atoms with Gasteiger partial charge in [0.1, 0.15) is 0 Å². The number of ether oxygens (including phenoxy) is 2. The van der Waals surface area contributed by atoms with Gasteiger partial charge in [0.15, 0.2) is 7.14 Å². The number of rotatable bonds is 6. The molecule has 0 aliphatic heterocycles. The van der Waals surface area contributed by atoms with Crippen molar-refractivity contribution in [3.05, 3.63) is 66.8 Å². The number of esters is 2. The van der Waals surface area contributed by atoms with Gasteiger partial charge >= 0.3 is 33.1 Å². The number of halogens is 2. The monoisotopic (exact) mass is 504 g/mol. The highest BCUT2D eigenvalue weighted by atomic mass is 127. The number of benzene rings is 2. The van der Waals surface area contributed by atoms with Gasteiger partial charge < -0.3 is 26.5 Å². The fourth-order valence-corrected chi connectivity index (χ4v) is 4.38. The summed E-state index contributed by atoms with van der Waals surface area (Å²) in [5, 5.41) is 0. The van der Waals surface area contributed by atoms with Crippen molar-refractivity contribution in [3.63, 3.8) is 0 Å². The first-order chi connectivity index (χ1) is 11.1. The average Bonchev–Trinajstić information content (AvgIpc) is 2.56. The zero-order chi connectivity index (χ0) is 16.7. The first kappa shape index (κ1) is 20.6. The van der Waals surface area contributed by atoms with Crippen molar-refractivity contribution in [3.8, 4) is 0 Å². The van der Waals surface area contributed by atoms with E-state index < -0.39 is 21.2 Å². The molecular formula is C18H18BrIO4. The van der Waals surface area contributed by atoms with Crippen LogP contribution in [0.1, 0.15) is 34.6 Å². The lowest BCUT2D eigenvalue weighted by Gasteiger charge is -2.01. The highest BCUT2D eigenvalue weighted by molar-refractivity contribution is 5.89. The van der Waals surface area contributed by atoms with E-state index in [-0.39, 0.29) is 28.9 Å². The van der Waals surface area contributed by atoms with Crippen molar-refractivity contribution in [2.75, 3.05) is 13.2 Å². The minimum Gasteiger partial charge on any atom is -1.00 e. The Balaban J connectivity index is 0.00000288. The molecule has 0 aliphatic carbocycles. The fraction of sp³-hybridized carbons (Fsp3) is 0.222. The summed E-state index contributed by atoms with van der Waals surface area (Å²) in [7, 11) is 0. The molecule has 0 spiro atoms. The molecule has 0 radical (unpaired) electrons. The Morgan fingerprint density at radius 3 is 1.62 bits per heavy atom. The van der Waals surface area contributed by atoms with Gasteiger partial charge in [-0.2, -0.15) is 0 Å². The van der Waals surface area contributed by atoms with E-state index in [1.807, 2.05) is 36.4 Å².